The first-order chi connectivity index (χ1) is 14.0. The van der Waals surface area contributed by atoms with Crippen LogP contribution in [0.25, 0.3) is 0 Å². The molecule has 0 spiro atoms. The molecule has 0 aliphatic carbocycles. The number of halogens is 4. The number of amides is 1. The molecular formula is C22H25F4N3O. The quantitative estimate of drug-likeness (QED) is 0.718. The summed E-state index contributed by atoms with van der Waals surface area (Å²) in [6, 6.07) is 8.13. The highest BCUT2D eigenvalue weighted by Crippen LogP contribution is 2.35. The fourth-order valence-electron chi connectivity index (χ4n) is 3.68. The Morgan fingerprint density at radius 3 is 2.53 bits per heavy atom. The number of carbonyl (C=O) groups is 1. The Bertz CT molecular complexity index is 927. The first-order valence-electron chi connectivity index (χ1n) is 9.71. The molecule has 4 nitrogen and oxygen atoms in total. The molecule has 2 aromatic rings. The van der Waals surface area contributed by atoms with Gasteiger partial charge in [0.25, 0.3) is 5.91 Å². The second-order valence-electron chi connectivity index (χ2n) is 7.95. The zero-order chi connectivity index (χ0) is 22.1. The fourth-order valence-corrected chi connectivity index (χ4v) is 3.68. The van der Waals surface area contributed by atoms with Crippen LogP contribution in [0.15, 0.2) is 36.4 Å². The number of rotatable bonds is 5. The molecule has 0 radical (unpaired) electrons. The Morgan fingerprint density at radius 1 is 1.20 bits per heavy atom. The van der Waals surface area contributed by atoms with Gasteiger partial charge in [-0.3, -0.25) is 9.69 Å². The van der Waals surface area contributed by atoms with Gasteiger partial charge < -0.3 is 10.2 Å². The van der Waals surface area contributed by atoms with Crippen LogP contribution in [0, 0.1) is 12.7 Å². The zero-order valence-corrected chi connectivity index (χ0v) is 17.2. The number of likely N-dealkylation sites (N-methyl/N-ethyl adjacent to an activating group) is 1. The molecule has 8 heteroatoms. The summed E-state index contributed by atoms with van der Waals surface area (Å²) in [6.07, 6.45) is -3.66. The van der Waals surface area contributed by atoms with Gasteiger partial charge in [-0.05, 0) is 62.8 Å². The predicted octanol–water partition coefficient (Wildman–Crippen LogP) is 4.54. The molecule has 1 heterocycles. The molecule has 0 aromatic heterocycles. The Balaban J connectivity index is 1.80. The first-order valence-corrected chi connectivity index (χ1v) is 9.71. The maximum atomic E-state index is 14.0. The van der Waals surface area contributed by atoms with Crippen molar-refractivity contribution in [3.63, 3.8) is 0 Å². The van der Waals surface area contributed by atoms with Gasteiger partial charge in [-0.15, -0.1) is 0 Å². The summed E-state index contributed by atoms with van der Waals surface area (Å²) in [5, 5.41) is 2.37. The molecule has 1 atom stereocenters. The molecule has 162 valence electrons. The van der Waals surface area contributed by atoms with Crippen LogP contribution in [0.2, 0.25) is 0 Å². The number of anilines is 1. The summed E-state index contributed by atoms with van der Waals surface area (Å²) in [4.78, 5) is 16.4. The minimum Gasteiger partial charge on any atom is -0.322 e. The predicted molar refractivity (Wildman–Crippen MR) is 108 cm³/mol. The van der Waals surface area contributed by atoms with Gasteiger partial charge >= 0.3 is 6.18 Å². The zero-order valence-electron chi connectivity index (χ0n) is 17.2. The van der Waals surface area contributed by atoms with E-state index in [-0.39, 0.29) is 23.4 Å². The van der Waals surface area contributed by atoms with Crippen molar-refractivity contribution in [3.05, 3.63) is 64.5 Å². The van der Waals surface area contributed by atoms with E-state index in [1.165, 1.54) is 24.3 Å². The number of likely N-dealkylation sites (tertiary alicyclic amines) is 1. The van der Waals surface area contributed by atoms with Crippen LogP contribution in [-0.4, -0.2) is 48.9 Å². The third-order valence-electron chi connectivity index (χ3n) is 5.41. The van der Waals surface area contributed by atoms with Crippen molar-refractivity contribution in [2.75, 3.05) is 32.5 Å². The van der Waals surface area contributed by atoms with E-state index in [9.17, 15) is 22.4 Å². The van der Waals surface area contributed by atoms with E-state index >= 15 is 0 Å². The van der Waals surface area contributed by atoms with Gasteiger partial charge in [0.2, 0.25) is 0 Å². The van der Waals surface area contributed by atoms with Crippen molar-refractivity contribution < 1.29 is 22.4 Å². The minimum atomic E-state index is -4.56. The largest absolute Gasteiger partial charge is 0.416 e. The lowest BCUT2D eigenvalue weighted by molar-refractivity contribution is -0.138. The highest BCUT2D eigenvalue weighted by molar-refractivity contribution is 6.04. The van der Waals surface area contributed by atoms with E-state index in [0.717, 1.165) is 19.0 Å². The van der Waals surface area contributed by atoms with Gasteiger partial charge in [-0.25, -0.2) is 4.39 Å². The molecule has 1 amide bonds. The Labute approximate surface area is 173 Å². The average molecular weight is 423 g/mol. The molecule has 1 N–H and O–H groups in total. The van der Waals surface area contributed by atoms with E-state index in [4.69, 9.17) is 0 Å². The van der Waals surface area contributed by atoms with Gasteiger partial charge in [-0.1, -0.05) is 12.1 Å². The fraction of sp³-hybridized carbons (Fsp3) is 0.409. The number of aryl methyl sites for hydroxylation is 1. The molecule has 1 unspecified atom stereocenters. The van der Waals surface area contributed by atoms with Crippen LogP contribution < -0.4 is 5.32 Å². The molecular weight excluding hydrogens is 398 g/mol. The Kier molecular flexibility index (Phi) is 6.47. The highest BCUT2D eigenvalue weighted by atomic mass is 19.4. The number of nitrogens with one attached hydrogen (secondary N) is 1. The number of hydrogen-bond acceptors (Lipinski definition) is 3. The molecule has 1 aliphatic rings. The SMILES string of the molecule is Cc1ccc(C(=O)Nc2ccc(CN3CCC(N(C)C)C3)c(C(F)(F)F)c2)c(F)c1. The lowest BCUT2D eigenvalue weighted by Gasteiger charge is -2.22. The summed E-state index contributed by atoms with van der Waals surface area (Å²) in [5.74, 6) is -1.51. The number of carbonyl (C=O) groups excluding carboxylic acids is 1. The van der Waals surface area contributed by atoms with Crippen LogP contribution >= 0.6 is 0 Å². The van der Waals surface area contributed by atoms with Gasteiger partial charge in [0, 0.05) is 31.4 Å². The van der Waals surface area contributed by atoms with Crippen LogP contribution in [0.4, 0.5) is 23.2 Å². The number of nitrogens with zero attached hydrogens (tertiary/aromatic N) is 2. The summed E-state index contributed by atoms with van der Waals surface area (Å²) in [6.45, 7) is 3.29. The molecule has 30 heavy (non-hydrogen) atoms. The first kappa shape index (κ1) is 22.2. The van der Waals surface area contributed by atoms with Crippen LogP contribution in [0.5, 0.6) is 0 Å². The summed E-state index contributed by atoms with van der Waals surface area (Å²) < 4.78 is 55.0. The van der Waals surface area contributed by atoms with Gasteiger partial charge in [0.15, 0.2) is 0 Å². The smallest absolute Gasteiger partial charge is 0.322 e. The van der Waals surface area contributed by atoms with Crippen molar-refractivity contribution >= 4 is 11.6 Å². The van der Waals surface area contributed by atoms with E-state index < -0.39 is 23.5 Å². The molecule has 1 fully saturated rings. The highest BCUT2D eigenvalue weighted by Gasteiger charge is 2.35. The average Bonchev–Trinajstić information content (AvgIpc) is 3.11. The van der Waals surface area contributed by atoms with Gasteiger partial charge in [-0.2, -0.15) is 13.2 Å². The van der Waals surface area contributed by atoms with Crippen molar-refractivity contribution in [2.24, 2.45) is 0 Å². The maximum Gasteiger partial charge on any atom is 0.416 e. The van der Waals surface area contributed by atoms with E-state index in [1.54, 1.807) is 13.0 Å². The van der Waals surface area contributed by atoms with Crippen molar-refractivity contribution in [2.45, 2.75) is 32.1 Å². The molecule has 2 aromatic carbocycles. The normalized spacial score (nSPS) is 17.5. The maximum absolute atomic E-state index is 14.0. The molecule has 1 aliphatic heterocycles. The van der Waals surface area contributed by atoms with Crippen LogP contribution in [-0.2, 0) is 12.7 Å². The molecule has 3 rings (SSSR count). The number of hydrogen-bond donors (Lipinski definition) is 1. The van der Waals surface area contributed by atoms with Crippen molar-refractivity contribution in [3.8, 4) is 0 Å². The molecule has 0 saturated carbocycles. The van der Waals surface area contributed by atoms with E-state index in [0.29, 0.717) is 18.2 Å². The summed E-state index contributed by atoms with van der Waals surface area (Å²) in [7, 11) is 3.92. The Morgan fingerprint density at radius 2 is 1.93 bits per heavy atom. The Hall–Kier alpha value is -2.45. The van der Waals surface area contributed by atoms with Crippen LogP contribution in [0.1, 0.15) is 33.5 Å². The summed E-state index contributed by atoms with van der Waals surface area (Å²) in [5.41, 5.74) is -0.237. The minimum absolute atomic E-state index is 0.0244. The lowest BCUT2D eigenvalue weighted by Crippen LogP contribution is -2.31. The second-order valence-corrected chi connectivity index (χ2v) is 7.95. The second kappa shape index (κ2) is 8.73. The summed E-state index contributed by atoms with van der Waals surface area (Å²) >= 11 is 0. The lowest BCUT2D eigenvalue weighted by atomic mass is 10.0. The van der Waals surface area contributed by atoms with E-state index in [2.05, 4.69) is 10.2 Å². The monoisotopic (exact) mass is 423 g/mol. The van der Waals surface area contributed by atoms with Crippen molar-refractivity contribution in [1.29, 1.82) is 0 Å². The van der Waals surface area contributed by atoms with Crippen molar-refractivity contribution in [1.82, 2.24) is 9.80 Å². The molecule has 1 saturated heterocycles. The third-order valence-corrected chi connectivity index (χ3v) is 5.41. The van der Waals surface area contributed by atoms with Gasteiger partial charge in [0.1, 0.15) is 5.82 Å². The number of benzene rings is 2. The number of alkyl halides is 3. The van der Waals surface area contributed by atoms with E-state index in [1.807, 2.05) is 19.0 Å². The topological polar surface area (TPSA) is 35.6 Å². The van der Waals surface area contributed by atoms with Crippen LogP contribution in [0.3, 0.4) is 0 Å². The van der Waals surface area contributed by atoms with Gasteiger partial charge in [0.05, 0.1) is 11.1 Å². The third kappa shape index (κ3) is 5.17. The standard InChI is InChI=1S/C22H25F4N3O/c1-14-4-7-18(20(23)10-14)21(30)27-16-6-5-15(19(11-16)22(24,25)26)12-29-9-8-17(13-29)28(2)3/h4-7,10-11,17H,8-9,12-13H2,1-3H3,(H,27,30). The molecule has 0 bridgehead atoms.